The number of carbonyl (C=O) groups excluding carboxylic acids is 3. The molecule has 1 unspecified atom stereocenters. The average Bonchev–Trinajstić information content (AvgIpc) is 3.18. The summed E-state index contributed by atoms with van der Waals surface area (Å²) in [6.07, 6.45) is 48.7. The highest BCUT2D eigenvalue weighted by Crippen LogP contribution is 2.15. The van der Waals surface area contributed by atoms with E-state index in [1.165, 1.54) is 135 Å². The van der Waals surface area contributed by atoms with Gasteiger partial charge in [-0.1, -0.05) is 206 Å². The smallest absolute Gasteiger partial charge is 0.306 e. The highest BCUT2D eigenvalue weighted by molar-refractivity contribution is 5.71. The zero-order chi connectivity index (χ0) is 40.1. The maximum absolute atomic E-state index is 12.7. The Labute approximate surface area is 341 Å². The standard InChI is InChI=1S/C49H90O6/c1-4-7-10-13-16-19-21-23-24-26-27-30-33-36-39-42-48(51)54-45-46(44-53-47(50)41-38-35-32-29-18-15-12-9-6-3)55-49(52)43-40-37-34-31-28-25-22-20-17-14-11-8-5-2/h16,19,23-24,46H,4-15,17-18,20-22,25-45H2,1-3H3/b19-16-,24-23-. The molecule has 0 bridgehead atoms. The van der Waals surface area contributed by atoms with Crippen LogP contribution >= 0.6 is 0 Å². The van der Waals surface area contributed by atoms with Crippen molar-refractivity contribution in [1.29, 1.82) is 0 Å². The predicted octanol–water partition coefficient (Wildman–Crippen LogP) is 15.2. The van der Waals surface area contributed by atoms with Gasteiger partial charge < -0.3 is 14.2 Å². The molecule has 322 valence electrons. The van der Waals surface area contributed by atoms with E-state index < -0.39 is 6.10 Å². The van der Waals surface area contributed by atoms with Gasteiger partial charge in [0, 0.05) is 19.3 Å². The Balaban J connectivity index is 4.34. The Kier molecular flexibility index (Phi) is 42.9. The van der Waals surface area contributed by atoms with Gasteiger partial charge in [0.15, 0.2) is 6.10 Å². The molecule has 0 aliphatic heterocycles. The van der Waals surface area contributed by atoms with Gasteiger partial charge in [-0.3, -0.25) is 14.4 Å². The molecule has 0 aliphatic carbocycles. The van der Waals surface area contributed by atoms with E-state index in [0.717, 1.165) is 77.0 Å². The lowest BCUT2D eigenvalue weighted by atomic mass is 10.0. The summed E-state index contributed by atoms with van der Waals surface area (Å²) in [6.45, 7) is 6.59. The molecule has 1 atom stereocenters. The first-order valence-electron chi connectivity index (χ1n) is 23.8. The Morgan fingerprint density at radius 1 is 0.364 bits per heavy atom. The van der Waals surface area contributed by atoms with E-state index in [2.05, 4.69) is 45.1 Å². The average molecular weight is 775 g/mol. The minimum absolute atomic E-state index is 0.0718. The van der Waals surface area contributed by atoms with E-state index in [9.17, 15) is 14.4 Å². The number of rotatable bonds is 43. The van der Waals surface area contributed by atoms with Crippen LogP contribution in [0.5, 0.6) is 0 Å². The fourth-order valence-electron chi connectivity index (χ4n) is 6.82. The molecule has 0 aliphatic rings. The number of unbranched alkanes of at least 4 members (excludes halogenated alkanes) is 28. The monoisotopic (exact) mass is 775 g/mol. The van der Waals surface area contributed by atoms with Crippen LogP contribution in [0, 0.1) is 0 Å². The van der Waals surface area contributed by atoms with Crippen LogP contribution in [0.15, 0.2) is 24.3 Å². The van der Waals surface area contributed by atoms with Gasteiger partial charge >= 0.3 is 17.9 Å². The Morgan fingerprint density at radius 3 is 1.04 bits per heavy atom. The first kappa shape index (κ1) is 52.9. The summed E-state index contributed by atoms with van der Waals surface area (Å²) in [6, 6.07) is 0. The second-order valence-electron chi connectivity index (χ2n) is 16.0. The third-order valence-corrected chi connectivity index (χ3v) is 10.5. The molecule has 0 saturated heterocycles. The number of hydrogen-bond acceptors (Lipinski definition) is 6. The van der Waals surface area contributed by atoms with Crippen LogP contribution in [-0.4, -0.2) is 37.2 Å². The summed E-state index contributed by atoms with van der Waals surface area (Å²) in [5.41, 5.74) is 0. The minimum Gasteiger partial charge on any atom is -0.462 e. The quantitative estimate of drug-likeness (QED) is 0.0266. The first-order chi connectivity index (χ1) is 27.0. The molecular weight excluding hydrogens is 685 g/mol. The molecule has 0 N–H and O–H groups in total. The number of carbonyl (C=O) groups is 3. The van der Waals surface area contributed by atoms with E-state index in [4.69, 9.17) is 14.2 Å². The van der Waals surface area contributed by atoms with Gasteiger partial charge in [0.25, 0.3) is 0 Å². The van der Waals surface area contributed by atoms with Crippen molar-refractivity contribution in [3.63, 3.8) is 0 Å². The summed E-state index contributed by atoms with van der Waals surface area (Å²) < 4.78 is 16.7. The van der Waals surface area contributed by atoms with Crippen molar-refractivity contribution in [3.8, 4) is 0 Å². The largest absolute Gasteiger partial charge is 0.462 e. The molecule has 6 nitrogen and oxygen atoms in total. The molecule has 0 amide bonds. The van der Waals surface area contributed by atoms with E-state index in [1.54, 1.807) is 0 Å². The van der Waals surface area contributed by atoms with Crippen molar-refractivity contribution in [2.45, 2.75) is 258 Å². The zero-order valence-electron chi connectivity index (χ0n) is 36.7. The molecule has 55 heavy (non-hydrogen) atoms. The van der Waals surface area contributed by atoms with Crippen LogP contribution in [0.25, 0.3) is 0 Å². The normalized spacial score (nSPS) is 12.1. The van der Waals surface area contributed by atoms with Crippen LogP contribution < -0.4 is 0 Å². The Bertz CT molecular complexity index is 896. The second-order valence-corrected chi connectivity index (χ2v) is 16.0. The van der Waals surface area contributed by atoms with Crippen LogP contribution in [0.1, 0.15) is 252 Å². The molecule has 0 spiro atoms. The van der Waals surface area contributed by atoms with Gasteiger partial charge in [0.2, 0.25) is 0 Å². The van der Waals surface area contributed by atoms with Crippen molar-refractivity contribution in [2.24, 2.45) is 0 Å². The Hall–Kier alpha value is -2.11. The van der Waals surface area contributed by atoms with Crippen LogP contribution in [0.2, 0.25) is 0 Å². The molecular formula is C49H90O6. The van der Waals surface area contributed by atoms with E-state index in [0.29, 0.717) is 19.3 Å². The van der Waals surface area contributed by atoms with E-state index in [1.807, 2.05) is 0 Å². The SMILES string of the molecule is CCCCC/C=C\C/C=C\CCCCCCCC(=O)OCC(COC(=O)CCCCCCCCCCC)OC(=O)CCCCCCCCCCCCCCC. The van der Waals surface area contributed by atoms with Gasteiger partial charge in [0.1, 0.15) is 13.2 Å². The van der Waals surface area contributed by atoms with Gasteiger partial charge in [-0.2, -0.15) is 0 Å². The van der Waals surface area contributed by atoms with Crippen molar-refractivity contribution in [1.82, 2.24) is 0 Å². The summed E-state index contributed by atoms with van der Waals surface area (Å²) in [5, 5.41) is 0. The van der Waals surface area contributed by atoms with Crippen molar-refractivity contribution in [3.05, 3.63) is 24.3 Å². The topological polar surface area (TPSA) is 78.9 Å². The van der Waals surface area contributed by atoms with Crippen LogP contribution in [0.3, 0.4) is 0 Å². The second kappa shape index (κ2) is 44.6. The van der Waals surface area contributed by atoms with Crippen molar-refractivity contribution >= 4 is 17.9 Å². The van der Waals surface area contributed by atoms with Crippen LogP contribution in [-0.2, 0) is 28.6 Å². The lowest BCUT2D eigenvalue weighted by Crippen LogP contribution is -2.30. The fourth-order valence-corrected chi connectivity index (χ4v) is 6.82. The third kappa shape index (κ3) is 42.9. The molecule has 0 radical (unpaired) electrons. The summed E-state index contributed by atoms with van der Waals surface area (Å²) in [4.78, 5) is 37.7. The lowest BCUT2D eigenvalue weighted by Gasteiger charge is -2.18. The zero-order valence-corrected chi connectivity index (χ0v) is 36.7. The molecule has 0 aromatic rings. The molecule has 0 aromatic heterocycles. The summed E-state index contributed by atoms with van der Waals surface area (Å²) >= 11 is 0. The predicted molar refractivity (Wildman–Crippen MR) is 233 cm³/mol. The maximum Gasteiger partial charge on any atom is 0.306 e. The van der Waals surface area contributed by atoms with Gasteiger partial charge in [0.05, 0.1) is 0 Å². The molecule has 0 heterocycles. The highest BCUT2D eigenvalue weighted by atomic mass is 16.6. The number of allylic oxidation sites excluding steroid dienone is 4. The van der Waals surface area contributed by atoms with Gasteiger partial charge in [-0.25, -0.2) is 0 Å². The van der Waals surface area contributed by atoms with Gasteiger partial charge in [-0.15, -0.1) is 0 Å². The molecule has 0 saturated carbocycles. The number of hydrogen-bond donors (Lipinski definition) is 0. The molecule has 0 rings (SSSR count). The highest BCUT2D eigenvalue weighted by Gasteiger charge is 2.19. The maximum atomic E-state index is 12.7. The summed E-state index contributed by atoms with van der Waals surface area (Å²) in [7, 11) is 0. The first-order valence-corrected chi connectivity index (χ1v) is 23.8. The van der Waals surface area contributed by atoms with Crippen LogP contribution in [0.4, 0.5) is 0 Å². The minimum atomic E-state index is -0.768. The number of ether oxygens (including phenoxy) is 3. The van der Waals surface area contributed by atoms with E-state index >= 15 is 0 Å². The van der Waals surface area contributed by atoms with E-state index in [-0.39, 0.29) is 31.1 Å². The molecule has 0 fully saturated rings. The van der Waals surface area contributed by atoms with Crippen molar-refractivity contribution < 1.29 is 28.6 Å². The Morgan fingerprint density at radius 2 is 0.655 bits per heavy atom. The summed E-state index contributed by atoms with van der Waals surface area (Å²) in [5.74, 6) is -0.881. The third-order valence-electron chi connectivity index (χ3n) is 10.5. The molecule has 6 heteroatoms. The van der Waals surface area contributed by atoms with Gasteiger partial charge in [-0.05, 0) is 51.4 Å². The lowest BCUT2D eigenvalue weighted by molar-refractivity contribution is -0.167. The molecule has 0 aromatic carbocycles. The van der Waals surface area contributed by atoms with Crippen molar-refractivity contribution in [2.75, 3.05) is 13.2 Å². The number of esters is 3. The fraction of sp³-hybridized carbons (Fsp3) is 0.857.